The van der Waals surface area contributed by atoms with E-state index in [0.29, 0.717) is 23.1 Å². The largest absolute Gasteiger partial charge is 0.348 e. The van der Waals surface area contributed by atoms with Crippen LogP contribution in [-0.4, -0.2) is 60.9 Å². The van der Waals surface area contributed by atoms with Crippen LogP contribution in [-0.2, 0) is 9.59 Å². The van der Waals surface area contributed by atoms with Crippen molar-refractivity contribution in [2.75, 3.05) is 44.6 Å². The zero-order valence-electron chi connectivity index (χ0n) is 17.8. The molecule has 8 heteroatoms. The molecule has 6 nitrogen and oxygen atoms in total. The fourth-order valence-corrected chi connectivity index (χ4v) is 4.14. The number of anilines is 1. The quantitative estimate of drug-likeness (QED) is 0.657. The van der Waals surface area contributed by atoms with Crippen LogP contribution in [0.3, 0.4) is 0 Å². The highest BCUT2D eigenvalue weighted by Gasteiger charge is 2.21. The van der Waals surface area contributed by atoms with Gasteiger partial charge in [-0.2, -0.15) is 0 Å². The molecule has 1 atom stereocenters. The molecule has 1 aliphatic heterocycles. The van der Waals surface area contributed by atoms with Crippen LogP contribution in [0, 0.1) is 6.92 Å². The molecule has 0 radical (unpaired) electrons. The minimum absolute atomic E-state index is 0.0243. The van der Waals surface area contributed by atoms with Gasteiger partial charge < -0.3 is 10.6 Å². The third-order valence-corrected chi connectivity index (χ3v) is 5.90. The van der Waals surface area contributed by atoms with Crippen molar-refractivity contribution in [2.24, 2.45) is 0 Å². The number of hydrogen-bond acceptors (Lipinski definition) is 4. The number of rotatable bonds is 7. The molecule has 0 bridgehead atoms. The number of nitrogens with one attached hydrogen (secondary N) is 2. The van der Waals surface area contributed by atoms with Crippen LogP contribution in [0.4, 0.5) is 5.69 Å². The average Bonchev–Trinajstić information content (AvgIpc) is 2.71. The van der Waals surface area contributed by atoms with Crippen LogP contribution in [0.2, 0.25) is 10.0 Å². The first kappa shape index (κ1) is 23.5. The Kier molecular flexibility index (Phi) is 8.32. The molecular formula is C23H28Cl2N4O2. The van der Waals surface area contributed by atoms with Crippen LogP contribution in [0.5, 0.6) is 0 Å². The summed E-state index contributed by atoms with van der Waals surface area (Å²) in [5.41, 5.74) is 2.80. The van der Waals surface area contributed by atoms with E-state index in [2.05, 4.69) is 20.4 Å². The van der Waals surface area contributed by atoms with E-state index in [9.17, 15) is 9.59 Å². The topological polar surface area (TPSA) is 64.7 Å². The standard InChI is InChI=1S/C23H28Cl2N4O2/c1-16-3-6-19(7-4-16)27-23(31)15-29-11-9-28(10-12-29)14-22(30)26-17(2)20-8-5-18(24)13-21(20)25/h3-8,13,17H,9-12,14-15H2,1-2H3,(H,26,30)(H,27,31). The van der Waals surface area contributed by atoms with Crippen molar-refractivity contribution in [3.8, 4) is 0 Å². The highest BCUT2D eigenvalue weighted by Crippen LogP contribution is 2.26. The maximum Gasteiger partial charge on any atom is 0.238 e. The molecule has 2 N–H and O–H groups in total. The van der Waals surface area contributed by atoms with Crippen molar-refractivity contribution >= 4 is 40.7 Å². The minimum atomic E-state index is -0.205. The van der Waals surface area contributed by atoms with E-state index in [-0.39, 0.29) is 17.9 Å². The SMILES string of the molecule is Cc1ccc(NC(=O)CN2CCN(CC(=O)NC(C)c3ccc(Cl)cc3Cl)CC2)cc1. The van der Waals surface area contributed by atoms with E-state index >= 15 is 0 Å². The number of aryl methyl sites for hydroxylation is 1. The van der Waals surface area contributed by atoms with Crippen LogP contribution >= 0.6 is 23.2 Å². The maximum atomic E-state index is 12.5. The van der Waals surface area contributed by atoms with E-state index in [1.165, 1.54) is 0 Å². The van der Waals surface area contributed by atoms with Gasteiger partial charge in [-0.05, 0) is 43.7 Å². The van der Waals surface area contributed by atoms with Crippen LogP contribution in [0.25, 0.3) is 0 Å². The predicted molar refractivity (Wildman–Crippen MR) is 126 cm³/mol. The molecule has 1 unspecified atom stereocenters. The van der Waals surface area contributed by atoms with E-state index in [1.807, 2.05) is 44.2 Å². The second-order valence-corrected chi connectivity index (χ2v) is 8.77. The van der Waals surface area contributed by atoms with Gasteiger partial charge in [0.15, 0.2) is 0 Å². The normalized spacial score (nSPS) is 16.0. The Morgan fingerprint density at radius 1 is 0.935 bits per heavy atom. The Hall–Kier alpha value is -2.12. The molecule has 0 aromatic heterocycles. The van der Waals surface area contributed by atoms with Gasteiger partial charge in [-0.1, -0.05) is 47.0 Å². The van der Waals surface area contributed by atoms with Gasteiger partial charge in [0.25, 0.3) is 0 Å². The number of hydrogen-bond donors (Lipinski definition) is 2. The van der Waals surface area contributed by atoms with Gasteiger partial charge >= 0.3 is 0 Å². The van der Waals surface area contributed by atoms with E-state index in [0.717, 1.165) is 43.0 Å². The molecule has 2 aromatic carbocycles. The highest BCUT2D eigenvalue weighted by atomic mass is 35.5. The van der Waals surface area contributed by atoms with Crippen molar-refractivity contribution in [3.63, 3.8) is 0 Å². The summed E-state index contributed by atoms with van der Waals surface area (Å²) in [7, 11) is 0. The maximum absolute atomic E-state index is 12.5. The first-order chi connectivity index (χ1) is 14.8. The smallest absolute Gasteiger partial charge is 0.238 e. The molecule has 1 fully saturated rings. The molecule has 2 aromatic rings. The number of carbonyl (C=O) groups is 2. The number of piperazine rings is 1. The molecule has 0 saturated carbocycles. The number of carbonyl (C=O) groups excluding carboxylic acids is 2. The van der Waals surface area contributed by atoms with E-state index in [4.69, 9.17) is 23.2 Å². The molecule has 31 heavy (non-hydrogen) atoms. The molecule has 1 saturated heterocycles. The Balaban J connectivity index is 1.39. The summed E-state index contributed by atoms with van der Waals surface area (Å²) in [5.74, 6) is -0.0761. The van der Waals surface area contributed by atoms with Gasteiger partial charge in [0.2, 0.25) is 11.8 Å². The van der Waals surface area contributed by atoms with Gasteiger partial charge in [-0.3, -0.25) is 19.4 Å². The van der Waals surface area contributed by atoms with Crippen molar-refractivity contribution in [1.29, 1.82) is 0 Å². The summed E-state index contributed by atoms with van der Waals surface area (Å²) in [6, 6.07) is 12.8. The van der Waals surface area contributed by atoms with Gasteiger partial charge in [0.05, 0.1) is 19.1 Å². The third-order valence-electron chi connectivity index (χ3n) is 5.34. The van der Waals surface area contributed by atoms with E-state index < -0.39 is 0 Å². The summed E-state index contributed by atoms with van der Waals surface area (Å²) >= 11 is 12.2. The molecule has 1 heterocycles. The van der Waals surface area contributed by atoms with Gasteiger partial charge in [0.1, 0.15) is 0 Å². The lowest BCUT2D eigenvalue weighted by atomic mass is 10.1. The lowest BCUT2D eigenvalue weighted by Gasteiger charge is -2.34. The molecule has 166 valence electrons. The molecule has 1 aliphatic rings. The number of halogens is 2. The number of nitrogens with zero attached hydrogens (tertiary/aromatic N) is 2. The monoisotopic (exact) mass is 462 g/mol. The average molecular weight is 463 g/mol. The zero-order chi connectivity index (χ0) is 22.4. The first-order valence-electron chi connectivity index (χ1n) is 10.4. The summed E-state index contributed by atoms with van der Waals surface area (Å²) < 4.78 is 0. The Bertz CT molecular complexity index is 912. The summed E-state index contributed by atoms with van der Waals surface area (Å²) in [6.07, 6.45) is 0. The molecule has 0 spiro atoms. The molecule has 3 rings (SSSR count). The third kappa shape index (κ3) is 7.21. The van der Waals surface area contributed by atoms with Crippen LogP contribution in [0.1, 0.15) is 24.1 Å². The molecule has 2 amide bonds. The Morgan fingerprint density at radius 3 is 2.10 bits per heavy atom. The van der Waals surface area contributed by atoms with Crippen LogP contribution in [0.15, 0.2) is 42.5 Å². The highest BCUT2D eigenvalue weighted by molar-refractivity contribution is 6.35. The van der Waals surface area contributed by atoms with Gasteiger partial charge in [-0.25, -0.2) is 0 Å². The number of amides is 2. The van der Waals surface area contributed by atoms with Gasteiger partial charge in [0, 0.05) is 41.9 Å². The summed E-state index contributed by atoms with van der Waals surface area (Å²) in [6.45, 7) is 7.54. The fraction of sp³-hybridized carbons (Fsp3) is 0.391. The first-order valence-corrected chi connectivity index (χ1v) is 11.1. The van der Waals surface area contributed by atoms with Gasteiger partial charge in [-0.15, -0.1) is 0 Å². The molecular weight excluding hydrogens is 435 g/mol. The lowest BCUT2D eigenvalue weighted by Crippen LogP contribution is -2.51. The molecule has 0 aliphatic carbocycles. The number of benzene rings is 2. The Labute approximate surface area is 193 Å². The van der Waals surface area contributed by atoms with Crippen molar-refractivity contribution in [2.45, 2.75) is 19.9 Å². The second-order valence-electron chi connectivity index (χ2n) is 7.92. The Morgan fingerprint density at radius 2 is 1.52 bits per heavy atom. The van der Waals surface area contributed by atoms with Crippen molar-refractivity contribution in [1.82, 2.24) is 15.1 Å². The van der Waals surface area contributed by atoms with Crippen molar-refractivity contribution < 1.29 is 9.59 Å². The summed E-state index contributed by atoms with van der Waals surface area (Å²) in [4.78, 5) is 28.9. The zero-order valence-corrected chi connectivity index (χ0v) is 19.3. The summed E-state index contributed by atoms with van der Waals surface area (Å²) in [5, 5.41) is 7.03. The second kappa shape index (κ2) is 11.0. The van der Waals surface area contributed by atoms with E-state index in [1.54, 1.807) is 12.1 Å². The lowest BCUT2D eigenvalue weighted by molar-refractivity contribution is -0.124. The minimum Gasteiger partial charge on any atom is -0.348 e. The fourth-order valence-electron chi connectivity index (χ4n) is 3.57. The predicted octanol–water partition coefficient (Wildman–Crippen LogP) is 3.74. The van der Waals surface area contributed by atoms with Crippen LogP contribution < -0.4 is 10.6 Å². The van der Waals surface area contributed by atoms with Crippen molar-refractivity contribution in [3.05, 3.63) is 63.6 Å².